The number of anilines is 1. The largest absolute Gasteiger partial charge is 0.464 e. The summed E-state index contributed by atoms with van der Waals surface area (Å²) >= 11 is 0. The Balaban J connectivity index is 0.000000671. The van der Waals surface area contributed by atoms with Crippen LogP contribution in [-0.2, 0) is 4.74 Å². The number of ether oxygens (including phenoxy) is 1. The Morgan fingerprint density at radius 3 is 2.62 bits per heavy atom. The van der Waals surface area contributed by atoms with Crippen molar-refractivity contribution in [2.24, 2.45) is 0 Å². The van der Waals surface area contributed by atoms with Gasteiger partial charge in [0.2, 0.25) is 0 Å². The van der Waals surface area contributed by atoms with Gasteiger partial charge < -0.3 is 10.5 Å². The van der Waals surface area contributed by atoms with Crippen molar-refractivity contribution in [1.29, 1.82) is 0 Å². The molecule has 0 radical (unpaired) electrons. The van der Waals surface area contributed by atoms with Gasteiger partial charge in [0, 0.05) is 11.9 Å². The Bertz CT molecular complexity index is 274. The minimum Gasteiger partial charge on any atom is -0.464 e. The molecule has 0 spiro atoms. The lowest BCUT2D eigenvalue weighted by Crippen LogP contribution is -2.04. The van der Waals surface area contributed by atoms with Crippen LogP contribution in [0.4, 0.5) is 5.69 Å². The van der Waals surface area contributed by atoms with Gasteiger partial charge in [0.05, 0.1) is 7.11 Å². The van der Waals surface area contributed by atoms with Crippen molar-refractivity contribution in [3.63, 3.8) is 0 Å². The third kappa shape index (κ3) is 3.55. The van der Waals surface area contributed by atoms with Crippen LogP contribution >= 0.6 is 0 Å². The number of carbonyl (C=O) groups excluding carboxylic acids is 1. The van der Waals surface area contributed by atoms with E-state index in [-0.39, 0.29) is 5.69 Å². The van der Waals surface area contributed by atoms with E-state index in [2.05, 4.69) is 9.72 Å². The van der Waals surface area contributed by atoms with Gasteiger partial charge in [-0.25, -0.2) is 9.78 Å². The van der Waals surface area contributed by atoms with Gasteiger partial charge in [-0.15, -0.1) is 0 Å². The fraction of sp³-hybridized carbons (Fsp3) is 0.333. The number of aromatic nitrogens is 1. The molecular formula is C9H14N2O2. The first-order valence-electron chi connectivity index (χ1n) is 4.04. The molecular weight excluding hydrogens is 168 g/mol. The lowest BCUT2D eigenvalue weighted by atomic mass is 10.3. The number of methoxy groups -OCH3 is 1. The summed E-state index contributed by atoms with van der Waals surface area (Å²) < 4.78 is 4.43. The van der Waals surface area contributed by atoms with E-state index >= 15 is 0 Å². The van der Waals surface area contributed by atoms with E-state index < -0.39 is 5.97 Å². The molecule has 0 atom stereocenters. The zero-order chi connectivity index (χ0) is 10.3. The Labute approximate surface area is 77.7 Å². The molecule has 4 heteroatoms. The minimum atomic E-state index is -0.475. The molecule has 1 aromatic rings. The van der Waals surface area contributed by atoms with Crippen LogP contribution in [0.3, 0.4) is 0 Å². The predicted octanol–water partition coefficient (Wildman–Crippen LogP) is 1.48. The lowest BCUT2D eigenvalue weighted by molar-refractivity contribution is 0.0594. The molecule has 4 nitrogen and oxygen atoms in total. The van der Waals surface area contributed by atoms with E-state index in [9.17, 15) is 4.79 Å². The molecule has 0 saturated heterocycles. The quantitative estimate of drug-likeness (QED) is 0.668. The SMILES string of the molecule is CC.COC(=O)c1cc(N)ccn1. The minimum absolute atomic E-state index is 0.229. The molecule has 13 heavy (non-hydrogen) atoms. The molecule has 0 saturated carbocycles. The van der Waals surface area contributed by atoms with Crippen LogP contribution in [0.15, 0.2) is 18.3 Å². The number of esters is 1. The maximum Gasteiger partial charge on any atom is 0.356 e. The normalized spacial score (nSPS) is 8.23. The van der Waals surface area contributed by atoms with E-state index in [1.165, 1.54) is 19.4 Å². The summed E-state index contributed by atoms with van der Waals surface area (Å²) in [5, 5.41) is 0. The first kappa shape index (κ1) is 11.4. The van der Waals surface area contributed by atoms with Crippen molar-refractivity contribution in [2.75, 3.05) is 12.8 Å². The number of hydrogen-bond donors (Lipinski definition) is 1. The lowest BCUT2D eigenvalue weighted by Gasteiger charge is -1.97. The molecule has 0 aliphatic heterocycles. The molecule has 72 valence electrons. The Morgan fingerprint density at radius 2 is 2.15 bits per heavy atom. The molecule has 0 aliphatic rings. The molecule has 0 amide bonds. The summed E-state index contributed by atoms with van der Waals surface area (Å²) in [4.78, 5) is 14.6. The molecule has 0 aromatic carbocycles. The third-order valence-electron chi connectivity index (χ3n) is 1.18. The summed E-state index contributed by atoms with van der Waals surface area (Å²) in [6.07, 6.45) is 1.46. The molecule has 2 N–H and O–H groups in total. The summed E-state index contributed by atoms with van der Waals surface area (Å²) in [6, 6.07) is 3.07. The van der Waals surface area contributed by atoms with Crippen molar-refractivity contribution in [2.45, 2.75) is 13.8 Å². The highest BCUT2D eigenvalue weighted by Crippen LogP contribution is 2.03. The molecule has 0 fully saturated rings. The van der Waals surface area contributed by atoms with Crippen LogP contribution in [0.2, 0.25) is 0 Å². The van der Waals surface area contributed by atoms with Gasteiger partial charge in [-0.05, 0) is 12.1 Å². The van der Waals surface area contributed by atoms with Gasteiger partial charge in [0.25, 0.3) is 0 Å². The van der Waals surface area contributed by atoms with Gasteiger partial charge in [0.15, 0.2) is 0 Å². The van der Waals surface area contributed by atoms with Gasteiger partial charge in [-0.1, -0.05) is 13.8 Å². The second-order valence-corrected chi connectivity index (χ2v) is 1.97. The van der Waals surface area contributed by atoms with Crippen molar-refractivity contribution >= 4 is 11.7 Å². The van der Waals surface area contributed by atoms with Gasteiger partial charge in [-0.2, -0.15) is 0 Å². The second-order valence-electron chi connectivity index (χ2n) is 1.97. The Morgan fingerprint density at radius 1 is 1.54 bits per heavy atom. The highest BCUT2D eigenvalue weighted by molar-refractivity contribution is 5.87. The monoisotopic (exact) mass is 182 g/mol. The number of nitrogens with zero attached hydrogens (tertiary/aromatic N) is 1. The van der Waals surface area contributed by atoms with Crippen LogP contribution in [0, 0.1) is 0 Å². The van der Waals surface area contributed by atoms with E-state index in [1.54, 1.807) is 6.07 Å². The van der Waals surface area contributed by atoms with E-state index in [4.69, 9.17) is 5.73 Å². The molecule has 0 bridgehead atoms. The van der Waals surface area contributed by atoms with Crippen LogP contribution in [-0.4, -0.2) is 18.1 Å². The number of rotatable bonds is 1. The fourth-order valence-electron chi connectivity index (χ4n) is 0.663. The molecule has 0 aliphatic carbocycles. The predicted molar refractivity (Wildman–Crippen MR) is 51.3 cm³/mol. The third-order valence-corrected chi connectivity index (χ3v) is 1.18. The van der Waals surface area contributed by atoms with Crippen molar-refractivity contribution in [3.05, 3.63) is 24.0 Å². The van der Waals surface area contributed by atoms with Crippen LogP contribution in [0.25, 0.3) is 0 Å². The van der Waals surface area contributed by atoms with Gasteiger partial charge >= 0.3 is 5.97 Å². The van der Waals surface area contributed by atoms with Gasteiger partial charge in [0.1, 0.15) is 5.69 Å². The topological polar surface area (TPSA) is 65.2 Å². The van der Waals surface area contributed by atoms with Crippen molar-refractivity contribution < 1.29 is 9.53 Å². The first-order valence-corrected chi connectivity index (χ1v) is 4.04. The highest BCUT2D eigenvalue weighted by atomic mass is 16.5. The van der Waals surface area contributed by atoms with E-state index in [1.807, 2.05) is 13.8 Å². The van der Waals surface area contributed by atoms with E-state index in [0.29, 0.717) is 5.69 Å². The van der Waals surface area contributed by atoms with Gasteiger partial charge in [-0.3, -0.25) is 0 Å². The average molecular weight is 182 g/mol. The summed E-state index contributed by atoms with van der Waals surface area (Å²) in [6.45, 7) is 4.00. The molecule has 1 heterocycles. The number of nitrogens with two attached hydrogens (primary N) is 1. The number of hydrogen-bond acceptors (Lipinski definition) is 4. The number of pyridine rings is 1. The molecule has 1 rings (SSSR count). The maximum atomic E-state index is 10.8. The number of carbonyl (C=O) groups is 1. The maximum absolute atomic E-state index is 10.8. The van der Waals surface area contributed by atoms with Crippen LogP contribution in [0.1, 0.15) is 24.3 Å². The second kappa shape index (κ2) is 5.99. The Kier molecular flexibility index (Phi) is 5.27. The van der Waals surface area contributed by atoms with Crippen LogP contribution in [0.5, 0.6) is 0 Å². The first-order chi connectivity index (χ1) is 6.24. The molecule has 0 unspecified atom stereocenters. The summed E-state index contributed by atoms with van der Waals surface area (Å²) in [5.41, 5.74) is 6.13. The van der Waals surface area contributed by atoms with E-state index in [0.717, 1.165) is 0 Å². The smallest absolute Gasteiger partial charge is 0.356 e. The summed E-state index contributed by atoms with van der Waals surface area (Å²) in [5.74, 6) is -0.475. The van der Waals surface area contributed by atoms with Crippen molar-refractivity contribution in [1.82, 2.24) is 4.98 Å². The fourth-order valence-corrected chi connectivity index (χ4v) is 0.663. The molecule has 1 aromatic heterocycles. The average Bonchev–Trinajstić information content (AvgIpc) is 2.20. The standard InChI is InChI=1S/C7H8N2O2.C2H6/c1-11-7(10)6-4-5(8)2-3-9-6;1-2/h2-4H,1H3,(H2,8,9);1-2H3. The zero-order valence-electron chi connectivity index (χ0n) is 8.07. The van der Waals surface area contributed by atoms with Crippen molar-refractivity contribution in [3.8, 4) is 0 Å². The summed E-state index contributed by atoms with van der Waals surface area (Å²) in [7, 11) is 1.30. The Hall–Kier alpha value is -1.58. The van der Waals surface area contributed by atoms with Crippen LogP contribution < -0.4 is 5.73 Å². The zero-order valence-corrected chi connectivity index (χ0v) is 8.07. The highest BCUT2D eigenvalue weighted by Gasteiger charge is 2.05. The number of nitrogen functional groups attached to an aromatic ring is 1.